The number of amides is 3. The highest BCUT2D eigenvalue weighted by atomic mass is 16.2. The molecule has 0 aliphatic rings. The van der Waals surface area contributed by atoms with Gasteiger partial charge in [0.15, 0.2) is 0 Å². The largest absolute Gasteiger partial charge is 0.340 e. The number of carbonyl (C=O) groups is 3. The molecule has 0 fully saturated rings. The van der Waals surface area contributed by atoms with Gasteiger partial charge in [-0.2, -0.15) is 0 Å². The van der Waals surface area contributed by atoms with Crippen LogP contribution in [0.25, 0.3) is 5.69 Å². The lowest BCUT2D eigenvalue weighted by Gasteiger charge is -2.19. The fraction of sp³-hybridized carbons (Fsp3) is 0.118. The van der Waals surface area contributed by atoms with E-state index in [0.717, 1.165) is 5.56 Å². The Hall–Kier alpha value is -5.70. The summed E-state index contributed by atoms with van der Waals surface area (Å²) < 4.78 is 3.14. The number of anilines is 2. The van der Waals surface area contributed by atoms with E-state index in [1.807, 2.05) is 54.6 Å². The van der Waals surface area contributed by atoms with E-state index < -0.39 is 23.4 Å². The van der Waals surface area contributed by atoms with Gasteiger partial charge in [0.05, 0.1) is 22.6 Å². The molecule has 0 radical (unpaired) electrons. The van der Waals surface area contributed by atoms with Crippen LogP contribution in [0.1, 0.15) is 32.0 Å². The maximum absolute atomic E-state index is 13.7. The fourth-order valence-corrected chi connectivity index (χ4v) is 4.79. The molecule has 0 aliphatic carbocycles. The van der Waals surface area contributed by atoms with E-state index in [2.05, 4.69) is 16.0 Å². The van der Waals surface area contributed by atoms with E-state index in [1.54, 1.807) is 79.3 Å². The molecule has 1 heterocycles. The summed E-state index contributed by atoms with van der Waals surface area (Å²) in [6.07, 6.45) is 0.176. The van der Waals surface area contributed by atoms with Gasteiger partial charge in [-0.15, -0.1) is 0 Å². The van der Waals surface area contributed by atoms with Gasteiger partial charge in [0.1, 0.15) is 11.7 Å². The summed E-state index contributed by atoms with van der Waals surface area (Å²) in [5, 5.41) is 8.40. The van der Waals surface area contributed by atoms with Crippen molar-refractivity contribution >= 4 is 29.1 Å². The molecule has 1 atom stereocenters. The second kappa shape index (κ2) is 12.9. The lowest BCUT2D eigenvalue weighted by Crippen LogP contribution is -2.46. The van der Waals surface area contributed by atoms with Crippen molar-refractivity contribution in [3.8, 4) is 5.69 Å². The topological polar surface area (TPSA) is 114 Å². The van der Waals surface area contributed by atoms with Gasteiger partial charge in [-0.3, -0.25) is 23.9 Å². The summed E-state index contributed by atoms with van der Waals surface area (Å²) in [7, 11) is 1.74. The summed E-state index contributed by atoms with van der Waals surface area (Å²) in [6.45, 7) is 1.74. The molecule has 5 rings (SSSR count). The summed E-state index contributed by atoms with van der Waals surface area (Å²) in [6, 6.07) is 32.6. The Morgan fingerprint density at radius 2 is 1.30 bits per heavy atom. The van der Waals surface area contributed by atoms with Crippen LogP contribution in [-0.2, 0) is 18.3 Å². The zero-order valence-corrected chi connectivity index (χ0v) is 23.8. The van der Waals surface area contributed by atoms with Gasteiger partial charge >= 0.3 is 0 Å². The molecular formula is C34H31N5O4. The van der Waals surface area contributed by atoms with Gasteiger partial charge in [-0.25, -0.2) is 4.68 Å². The molecule has 0 aliphatic heterocycles. The maximum Gasteiger partial charge on any atom is 0.295 e. The number of aromatic nitrogens is 2. The van der Waals surface area contributed by atoms with Gasteiger partial charge in [-0.1, -0.05) is 78.9 Å². The minimum atomic E-state index is -1.03. The molecule has 5 aromatic rings. The molecule has 9 heteroatoms. The molecule has 0 spiro atoms. The Kier molecular flexibility index (Phi) is 8.62. The molecular weight excluding hydrogens is 542 g/mol. The number of benzene rings is 4. The van der Waals surface area contributed by atoms with Gasteiger partial charge < -0.3 is 16.0 Å². The third-order valence-electron chi connectivity index (χ3n) is 7.16. The minimum Gasteiger partial charge on any atom is -0.340 e. The van der Waals surface area contributed by atoms with Crippen LogP contribution < -0.4 is 21.5 Å². The highest BCUT2D eigenvalue weighted by molar-refractivity contribution is 6.10. The van der Waals surface area contributed by atoms with Crippen LogP contribution in [0.15, 0.2) is 120 Å². The first-order valence-corrected chi connectivity index (χ1v) is 13.8. The van der Waals surface area contributed by atoms with Crippen LogP contribution in [-0.4, -0.2) is 33.1 Å². The number of rotatable bonds is 9. The van der Waals surface area contributed by atoms with E-state index in [-0.39, 0.29) is 23.6 Å². The van der Waals surface area contributed by atoms with E-state index in [1.165, 1.54) is 4.68 Å². The first-order chi connectivity index (χ1) is 20.8. The fourth-order valence-electron chi connectivity index (χ4n) is 4.79. The second-order valence-electron chi connectivity index (χ2n) is 10.0. The Morgan fingerprint density at radius 3 is 1.98 bits per heavy atom. The third-order valence-corrected chi connectivity index (χ3v) is 7.16. The number of hydrogen-bond acceptors (Lipinski definition) is 4. The summed E-state index contributed by atoms with van der Waals surface area (Å²) >= 11 is 0. The number of para-hydroxylation sites is 2. The second-order valence-corrected chi connectivity index (χ2v) is 10.0. The minimum absolute atomic E-state index is 0.124. The van der Waals surface area contributed by atoms with E-state index in [9.17, 15) is 19.2 Å². The third kappa shape index (κ3) is 6.46. The van der Waals surface area contributed by atoms with Gasteiger partial charge in [0.25, 0.3) is 17.4 Å². The Bertz CT molecular complexity index is 1810. The zero-order chi connectivity index (χ0) is 30.3. The normalized spacial score (nSPS) is 11.4. The monoisotopic (exact) mass is 573 g/mol. The van der Waals surface area contributed by atoms with Crippen molar-refractivity contribution in [1.29, 1.82) is 0 Å². The summed E-state index contributed by atoms with van der Waals surface area (Å²) in [5.74, 6) is -1.46. The van der Waals surface area contributed by atoms with Crippen LogP contribution >= 0.6 is 0 Å². The average Bonchev–Trinajstić information content (AvgIpc) is 3.24. The van der Waals surface area contributed by atoms with Crippen LogP contribution in [0.3, 0.4) is 0 Å². The molecule has 3 N–H and O–H groups in total. The van der Waals surface area contributed by atoms with Gasteiger partial charge in [0.2, 0.25) is 5.91 Å². The molecule has 0 unspecified atom stereocenters. The molecule has 4 aromatic carbocycles. The average molecular weight is 574 g/mol. The predicted octanol–water partition coefficient (Wildman–Crippen LogP) is 4.72. The lowest BCUT2D eigenvalue weighted by atomic mass is 10.0. The molecule has 0 bridgehead atoms. The van der Waals surface area contributed by atoms with Crippen molar-refractivity contribution in [3.63, 3.8) is 0 Å². The highest BCUT2D eigenvalue weighted by Gasteiger charge is 2.26. The molecule has 9 nitrogen and oxygen atoms in total. The lowest BCUT2D eigenvalue weighted by molar-refractivity contribution is -0.118. The Balaban J connectivity index is 1.42. The predicted molar refractivity (Wildman–Crippen MR) is 167 cm³/mol. The quantitative estimate of drug-likeness (QED) is 0.237. The number of nitrogens with zero attached hydrogens (tertiary/aromatic N) is 2. The van der Waals surface area contributed by atoms with Crippen LogP contribution in [0.5, 0.6) is 0 Å². The molecule has 0 saturated carbocycles. The number of hydrogen-bond donors (Lipinski definition) is 3. The zero-order valence-electron chi connectivity index (χ0n) is 23.8. The van der Waals surface area contributed by atoms with Gasteiger partial charge in [0, 0.05) is 19.0 Å². The SMILES string of the molecule is Cc1c(NC(=O)[C@H](Cc2ccccc2)NC(=O)c2ccccc2NC(=O)c2ccccc2)c(=O)n(-c2ccccc2)n1C. The molecule has 1 aromatic heterocycles. The van der Waals surface area contributed by atoms with Crippen molar-refractivity contribution in [2.24, 2.45) is 7.05 Å². The summed E-state index contributed by atoms with van der Waals surface area (Å²) in [4.78, 5) is 53.6. The van der Waals surface area contributed by atoms with E-state index >= 15 is 0 Å². The smallest absolute Gasteiger partial charge is 0.295 e. The van der Waals surface area contributed by atoms with Crippen molar-refractivity contribution < 1.29 is 14.4 Å². The van der Waals surface area contributed by atoms with Crippen LogP contribution in [0.2, 0.25) is 0 Å². The van der Waals surface area contributed by atoms with E-state index in [4.69, 9.17) is 0 Å². The number of carbonyl (C=O) groups excluding carboxylic acids is 3. The first kappa shape index (κ1) is 28.8. The van der Waals surface area contributed by atoms with Crippen LogP contribution in [0, 0.1) is 6.92 Å². The van der Waals surface area contributed by atoms with Crippen molar-refractivity contribution in [1.82, 2.24) is 14.7 Å². The first-order valence-electron chi connectivity index (χ1n) is 13.8. The van der Waals surface area contributed by atoms with Crippen molar-refractivity contribution in [3.05, 3.63) is 148 Å². The van der Waals surface area contributed by atoms with Gasteiger partial charge in [-0.05, 0) is 48.9 Å². The van der Waals surface area contributed by atoms with Crippen molar-refractivity contribution in [2.45, 2.75) is 19.4 Å². The summed E-state index contributed by atoms with van der Waals surface area (Å²) in [5.41, 5.74) is 2.70. The molecule has 216 valence electrons. The number of nitrogens with one attached hydrogen (secondary N) is 3. The Morgan fingerprint density at radius 1 is 0.721 bits per heavy atom. The standard InChI is InChI=1S/C34H31N5O4/c1-23-30(34(43)39(38(23)2)26-18-10-5-11-19-26)37-33(42)29(22-24-14-6-3-7-15-24)36-32(41)27-20-12-13-21-28(27)35-31(40)25-16-8-4-9-17-25/h3-21,29H,22H2,1-2H3,(H,35,40)(H,36,41)(H,37,42)/t29-/m0/s1. The Labute approximate surface area is 248 Å². The van der Waals surface area contributed by atoms with Crippen molar-refractivity contribution in [2.75, 3.05) is 10.6 Å². The molecule has 43 heavy (non-hydrogen) atoms. The van der Waals surface area contributed by atoms with E-state index in [0.29, 0.717) is 22.6 Å². The van der Waals surface area contributed by atoms with Crippen LogP contribution in [0.4, 0.5) is 11.4 Å². The highest BCUT2D eigenvalue weighted by Crippen LogP contribution is 2.18. The maximum atomic E-state index is 13.7. The molecule has 0 saturated heterocycles. The molecule has 3 amide bonds.